The minimum atomic E-state index is -0.367. The standard InChI is InChI=1S/C17H17N5O3/c23-22(24)17-3-2-16(14-4-6-18-10-15(14)17)20-8-9-25-13(11-20)12-21-7-1-5-19-21/h1-7,10,13H,8-9,11-12H2/t13-/m0/s1. The Labute approximate surface area is 143 Å². The van der Waals surface area contributed by atoms with E-state index in [-0.39, 0.29) is 16.7 Å². The van der Waals surface area contributed by atoms with Crippen molar-refractivity contribution in [2.75, 3.05) is 24.6 Å². The van der Waals surface area contributed by atoms with Crippen LogP contribution >= 0.6 is 0 Å². The number of hydrogen-bond acceptors (Lipinski definition) is 6. The second-order valence-electron chi connectivity index (χ2n) is 5.95. The number of nitro groups is 1. The van der Waals surface area contributed by atoms with E-state index < -0.39 is 0 Å². The van der Waals surface area contributed by atoms with Crippen molar-refractivity contribution < 1.29 is 9.66 Å². The Kier molecular flexibility index (Phi) is 4.02. The molecule has 1 fully saturated rings. The number of nitrogens with zero attached hydrogens (tertiary/aromatic N) is 5. The predicted octanol–water partition coefficient (Wildman–Crippen LogP) is 2.24. The Morgan fingerprint density at radius 1 is 1.28 bits per heavy atom. The summed E-state index contributed by atoms with van der Waals surface area (Å²) in [4.78, 5) is 17.2. The van der Waals surface area contributed by atoms with Crippen LogP contribution in [-0.2, 0) is 11.3 Å². The van der Waals surface area contributed by atoms with Gasteiger partial charge in [0, 0.05) is 55.0 Å². The molecule has 1 atom stereocenters. The highest BCUT2D eigenvalue weighted by molar-refractivity contribution is 5.99. The molecule has 25 heavy (non-hydrogen) atoms. The van der Waals surface area contributed by atoms with E-state index in [1.165, 1.54) is 0 Å². The molecule has 128 valence electrons. The Hall–Kier alpha value is -3.00. The lowest BCUT2D eigenvalue weighted by molar-refractivity contribution is -0.383. The summed E-state index contributed by atoms with van der Waals surface area (Å²) in [6.07, 6.45) is 6.89. The molecule has 0 radical (unpaired) electrons. The van der Waals surface area contributed by atoms with Crippen LogP contribution in [0.2, 0.25) is 0 Å². The molecular weight excluding hydrogens is 322 g/mol. The van der Waals surface area contributed by atoms with E-state index in [4.69, 9.17) is 4.74 Å². The molecule has 0 spiro atoms. The second-order valence-corrected chi connectivity index (χ2v) is 5.95. The van der Waals surface area contributed by atoms with Crippen LogP contribution < -0.4 is 4.90 Å². The molecule has 8 nitrogen and oxygen atoms in total. The van der Waals surface area contributed by atoms with Gasteiger partial charge < -0.3 is 9.64 Å². The quantitative estimate of drug-likeness (QED) is 0.535. The predicted molar refractivity (Wildman–Crippen MR) is 92.6 cm³/mol. The van der Waals surface area contributed by atoms with Crippen LogP contribution in [0.25, 0.3) is 10.8 Å². The third-order valence-corrected chi connectivity index (χ3v) is 4.40. The zero-order chi connectivity index (χ0) is 17.2. The monoisotopic (exact) mass is 339 g/mol. The maximum Gasteiger partial charge on any atom is 0.278 e. The molecule has 0 amide bonds. The Morgan fingerprint density at radius 3 is 3.00 bits per heavy atom. The van der Waals surface area contributed by atoms with Crippen LogP contribution in [0.15, 0.2) is 49.1 Å². The minimum Gasteiger partial charge on any atom is -0.373 e. The van der Waals surface area contributed by atoms with E-state index in [0.717, 1.165) is 17.6 Å². The summed E-state index contributed by atoms with van der Waals surface area (Å²) in [7, 11) is 0. The summed E-state index contributed by atoms with van der Waals surface area (Å²) >= 11 is 0. The number of ether oxygens (including phenoxy) is 1. The molecule has 3 aromatic rings. The lowest BCUT2D eigenvalue weighted by atomic mass is 10.1. The smallest absolute Gasteiger partial charge is 0.278 e. The van der Waals surface area contributed by atoms with Crippen molar-refractivity contribution in [2.45, 2.75) is 12.6 Å². The molecule has 1 saturated heterocycles. The maximum absolute atomic E-state index is 11.3. The fraction of sp³-hybridized carbons (Fsp3) is 0.294. The van der Waals surface area contributed by atoms with E-state index in [1.807, 2.05) is 29.1 Å². The van der Waals surface area contributed by atoms with Gasteiger partial charge in [-0.3, -0.25) is 19.8 Å². The highest BCUT2D eigenvalue weighted by Crippen LogP contribution is 2.33. The van der Waals surface area contributed by atoms with Gasteiger partial charge in [-0.2, -0.15) is 5.10 Å². The van der Waals surface area contributed by atoms with E-state index in [2.05, 4.69) is 15.0 Å². The van der Waals surface area contributed by atoms with Crippen LogP contribution in [0.3, 0.4) is 0 Å². The molecule has 8 heteroatoms. The number of hydrogen-bond donors (Lipinski definition) is 0. The molecular formula is C17H17N5O3. The zero-order valence-corrected chi connectivity index (χ0v) is 13.5. The van der Waals surface area contributed by atoms with Gasteiger partial charge in [0.05, 0.1) is 29.6 Å². The van der Waals surface area contributed by atoms with Crippen LogP contribution in [0.5, 0.6) is 0 Å². The number of fused-ring (bicyclic) bond motifs is 1. The fourth-order valence-electron chi connectivity index (χ4n) is 3.26. The average Bonchev–Trinajstić information content (AvgIpc) is 3.14. The number of non-ortho nitro benzene ring substituents is 1. The zero-order valence-electron chi connectivity index (χ0n) is 13.5. The van der Waals surface area contributed by atoms with Gasteiger partial charge in [0.25, 0.3) is 5.69 Å². The average molecular weight is 339 g/mol. The number of pyridine rings is 1. The van der Waals surface area contributed by atoms with Crippen LogP contribution in [0.4, 0.5) is 11.4 Å². The SMILES string of the molecule is O=[N+]([O-])c1ccc(N2CCO[C@H](Cn3cccn3)C2)c2ccncc12. The van der Waals surface area contributed by atoms with Gasteiger partial charge in [0.2, 0.25) is 0 Å². The first kappa shape index (κ1) is 15.5. The Bertz CT molecular complexity index is 896. The van der Waals surface area contributed by atoms with Gasteiger partial charge in [-0.1, -0.05) is 0 Å². The van der Waals surface area contributed by atoms with E-state index in [0.29, 0.717) is 25.1 Å². The minimum absolute atomic E-state index is 0.0146. The molecule has 0 saturated carbocycles. The van der Waals surface area contributed by atoms with Crippen molar-refractivity contribution in [3.63, 3.8) is 0 Å². The molecule has 0 bridgehead atoms. The molecule has 3 heterocycles. The lowest BCUT2D eigenvalue weighted by Gasteiger charge is -2.35. The summed E-state index contributed by atoms with van der Waals surface area (Å²) in [5, 5.41) is 16.9. The lowest BCUT2D eigenvalue weighted by Crippen LogP contribution is -2.44. The van der Waals surface area contributed by atoms with Crippen LogP contribution in [0.1, 0.15) is 0 Å². The number of rotatable bonds is 4. The first-order valence-corrected chi connectivity index (χ1v) is 8.07. The van der Waals surface area contributed by atoms with E-state index in [9.17, 15) is 10.1 Å². The maximum atomic E-state index is 11.3. The molecule has 4 rings (SSSR count). The molecule has 0 unspecified atom stereocenters. The number of morpholine rings is 1. The third kappa shape index (κ3) is 3.03. The van der Waals surface area contributed by atoms with Gasteiger partial charge in [0.1, 0.15) is 0 Å². The fourth-order valence-corrected chi connectivity index (χ4v) is 3.26. The van der Waals surface area contributed by atoms with Gasteiger partial charge in [-0.25, -0.2) is 0 Å². The summed E-state index contributed by atoms with van der Waals surface area (Å²) in [6.45, 7) is 2.73. The molecule has 2 aromatic heterocycles. The van der Waals surface area contributed by atoms with Crippen molar-refractivity contribution in [1.29, 1.82) is 0 Å². The van der Waals surface area contributed by atoms with Crippen LogP contribution in [0, 0.1) is 10.1 Å². The Balaban J connectivity index is 1.65. The first-order valence-electron chi connectivity index (χ1n) is 8.07. The topological polar surface area (TPSA) is 86.3 Å². The number of nitro benzene ring substituents is 1. The third-order valence-electron chi connectivity index (χ3n) is 4.40. The normalized spacial score (nSPS) is 17.8. The van der Waals surface area contributed by atoms with Crippen molar-refractivity contribution in [3.8, 4) is 0 Å². The molecule has 0 aliphatic carbocycles. The summed E-state index contributed by atoms with van der Waals surface area (Å²) < 4.78 is 7.71. The van der Waals surface area contributed by atoms with Crippen molar-refractivity contribution in [3.05, 3.63) is 59.2 Å². The Morgan fingerprint density at radius 2 is 2.20 bits per heavy atom. The van der Waals surface area contributed by atoms with E-state index >= 15 is 0 Å². The second kappa shape index (κ2) is 6.48. The van der Waals surface area contributed by atoms with Crippen molar-refractivity contribution in [1.82, 2.24) is 14.8 Å². The van der Waals surface area contributed by atoms with Gasteiger partial charge in [-0.05, 0) is 18.2 Å². The molecule has 1 aliphatic rings. The van der Waals surface area contributed by atoms with Crippen molar-refractivity contribution in [2.24, 2.45) is 0 Å². The first-order chi connectivity index (χ1) is 12.2. The largest absolute Gasteiger partial charge is 0.373 e. The number of aromatic nitrogens is 3. The van der Waals surface area contributed by atoms with Gasteiger partial charge >= 0.3 is 0 Å². The van der Waals surface area contributed by atoms with Gasteiger partial charge in [0.15, 0.2) is 0 Å². The van der Waals surface area contributed by atoms with Crippen LogP contribution in [-0.4, -0.2) is 45.5 Å². The van der Waals surface area contributed by atoms with E-state index in [1.54, 1.807) is 24.7 Å². The summed E-state index contributed by atoms with van der Waals surface area (Å²) in [5.74, 6) is 0. The summed E-state index contributed by atoms with van der Waals surface area (Å²) in [5.41, 5.74) is 1.05. The van der Waals surface area contributed by atoms with Crippen molar-refractivity contribution >= 4 is 22.1 Å². The number of anilines is 1. The molecule has 0 N–H and O–H groups in total. The molecule has 1 aromatic carbocycles. The molecule has 1 aliphatic heterocycles. The van der Waals surface area contributed by atoms with Gasteiger partial charge in [-0.15, -0.1) is 0 Å². The highest BCUT2D eigenvalue weighted by atomic mass is 16.6. The highest BCUT2D eigenvalue weighted by Gasteiger charge is 2.24. The summed E-state index contributed by atoms with van der Waals surface area (Å²) in [6, 6.07) is 7.08. The number of benzene rings is 1.